The van der Waals surface area contributed by atoms with Gasteiger partial charge in [-0.05, 0) is 35.8 Å². The Balaban J connectivity index is 2.69. The molecular weight excluding hydrogens is 280 g/mol. The Kier molecular flexibility index (Phi) is 5.15. The van der Waals surface area contributed by atoms with Crippen LogP contribution in [0.5, 0.6) is 0 Å². The molecule has 0 aliphatic heterocycles. The zero-order valence-corrected chi connectivity index (χ0v) is 10.8. The van der Waals surface area contributed by atoms with E-state index in [0.717, 1.165) is 6.07 Å². The monoisotopic (exact) mass is 293 g/mol. The molecule has 0 aliphatic rings. The van der Waals surface area contributed by atoms with Crippen LogP contribution in [0, 0.1) is 11.6 Å². The van der Waals surface area contributed by atoms with E-state index in [1.807, 2.05) is 13.8 Å². The number of rotatable bonds is 5. The molecule has 0 bridgehead atoms. The molecule has 1 atom stereocenters. The average Bonchev–Trinajstić information content (AvgIpc) is 2.23. The number of anilines is 1. The van der Waals surface area contributed by atoms with Crippen LogP contribution in [0.4, 0.5) is 14.5 Å². The van der Waals surface area contributed by atoms with E-state index in [2.05, 4.69) is 21.2 Å². The third kappa shape index (κ3) is 3.72. The molecule has 0 saturated carbocycles. The molecule has 1 aromatic rings. The van der Waals surface area contributed by atoms with Gasteiger partial charge in [-0.15, -0.1) is 0 Å². The second kappa shape index (κ2) is 6.15. The fourth-order valence-electron chi connectivity index (χ4n) is 1.23. The van der Waals surface area contributed by atoms with E-state index in [-0.39, 0.29) is 16.2 Å². The van der Waals surface area contributed by atoms with Gasteiger partial charge < -0.3 is 10.1 Å². The highest BCUT2D eigenvalue weighted by atomic mass is 79.9. The van der Waals surface area contributed by atoms with Gasteiger partial charge in [0.15, 0.2) is 0 Å². The van der Waals surface area contributed by atoms with E-state index in [1.54, 1.807) is 0 Å². The summed E-state index contributed by atoms with van der Waals surface area (Å²) in [4.78, 5) is 0. The first-order chi connectivity index (χ1) is 7.54. The molecule has 16 heavy (non-hydrogen) atoms. The van der Waals surface area contributed by atoms with Crippen molar-refractivity contribution < 1.29 is 13.5 Å². The summed E-state index contributed by atoms with van der Waals surface area (Å²) in [5.74, 6) is -1.22. The van der Waals surface area contributed by atoms with E-state index >= 15 is 0 Å². The molecule has 0 saturated heterocycles. The molecule has 0 fully saturated rings. The molecule has 0 amide bonds. The molecule has 0 radical (unpaired) electrons. The fraction of sp³-hybridized carbons (Fsp3) is 0.455. The third-order valence-corrected chi connectivity index (χ3v) is 2.59. The summed E-state index contributed by atoms with van der Waals surface area (Å²) < 4.78 is 31.7. The number of halogens is 3. The molecule has 0 aromatic heterocycles. The lowest BCUT2D eigenvalue weighted by Gasteiger charge is -2.15. The van der Waals surface area contributed by atoms with Gasteiger partial charge in [0.2, 0.25) is 0 Å². The van der Waals surface area contributed by atoms with Crippen molar-refractivity contribution in [1.82, 2.24) is 0 Å². The molecule has 1 N–H and O–H groups in total. The van der Waals surface area contributed by atoms with Crippen LogP contribution in [-0.4, -0.2) is 19.3 Å². The van der Waals surface area contributed by atoms with E-state index in [0.29, 0.717) is 13.2 Å². The van der Waals surface area contributed by atoms with Crippen LogP contribution in [0.15, 0.2) is 16.6 Å². The summed E-state index contributed by atoms with van der Waals surface area (Å²) in [6.07, 6.45) is 0. The van der Waals surface area contributed by atoms with Crippen LogP contribution in [0.25, 0.3) is 0 Å². The summed E-state index contributed by atoms with van der Waals surface area (Å²) in [5, 5.41) is 2.92. The lowest BCUT2D eigenvalue weighted by molar-refractivity contribution is 0.141. The van der Waals surface area contributed by atoms with Gasteiger partial charge in [0.1, 0.15) is 11.6 Å². The Morgan fingerprint density at radius 3 is 2.69 bits per heavy atom. The smallest absolute Gasteiger partial charge is 0.149 e. The second-order valence-corrected chi connectivity index (χ2v) is 4.31. The molecule has 90 valence electrons. The molecule has 0 heterocycles. The summed E-state index contributed by atoms with van der Waals surface area (Å²) in [7, 11) is 0. The van der Waals surface area contributed by atoms with Crippen molar-refractivity contribution in [1.29, 1.82) is 0 Å². The van der Waals surface area contributed by atoms with Crippen molar-refractivity contribution in [2.24, 2.45) is 0 Å². The Bertz CT molecular complexity index is 360. The SMILES string of the molecule is CCOCC(C)Nc1cc(Br)c(F)cc1F. The summed E-state index contributed by atoms with van der Waals surface area (Å²) in [5.41, 5.74) is 0.264. The number of hydrogen-bond donors (Lipinski definition) is 1. The van der Waals surface area contributed by atoms with E-state index in [4.69, 9.17) is 4.74 Å². The predicted molar refractivity (Wildman–Crippen MR) is 63.6 cm³/mol. The van der Waals surface area contributed by atoms with Crippen molar-refractivity contribution in [2.75, 3.05) is 18.5 Å². The number of hydrogen-bond acceptors (Lipinski definition) is 2. The van der Waals surface area contributed by atoms with Gasteiger partial charge in [0.05, 0.1) is 16.8 Å². The maximum Gasteiger partial charge on any atom is 0.149 e. The topological polar surface area (TPSA) is 21.3 Å². The maximum atomic E-state index is 13.3. The largest absolute Gasteiger partial charge is 0.380 e. The van der Waals surface area contributed by atoms with Crippen LogP contribution in [0.2, 0.25) is 0 Å². The Morgan fingerprint density at radius 1 is 1.38 bits per heavy atom. The second-order valence-electron chi connectivity index (χ2n) is 3.45. The molecule has 5 heteroatoms. The Hall–Kier alpha value is -0.680. The Morgan fingerprint density at radius 2 is 2.06 bits per heavy atom. The van der Waals surface area contributed by atoms with Crippen molar-refractivity contribution in [3.63, 3.8) is 0 Å². The van der Waals surface area contributed by atoms with Gasteiger partial charge in [0.25, 0.3) is 0 Å². The summed E-state index contributed by atoms with van der Waals surface area (Å²) >= 11 is 3.01. The van der Waals surface area contributed by atoms with E-state index in [1.165, 1.54) is 6.07 Å². The minimum atomic E-state index is -0.611. The molecular formula is C11H14BrF2NO. The standard InChI is InChI=1S/C11H14BrF2NO/c1-3-16-6-7(2)15-11-4-8(12)9(13)5-10(11)14/h4-5,7,15H,3,6H2,1-2H3. The lowest BCUT2D eigenvalue weighted by atomic mass is 10.2. The third-order valence-electron chi connectivity index (χ3n) is 1.98. The predicted octanol–water partition coefficient (Wildman–Crippen LogP) is 3.56. The van der Waals surface area contributed by atoms with E-state index in [9.17, 15) is 8.78 Å². The van der Waals surface area contributed by atoms with Crippen LogP contribution in [-0.2, 0) is 4.74 Å². The van der Waals surface area contributed by atoms with Gasteiger partial charge >= 0.3 is 0 Å². The fourth-order valence-corrected chi connectivity index (χ4v) is 1.58. The number of nitrogens with one attached hydrogen (secondary N) is 1. The molecule has 1 aromatic carbocycles. The first-order valence-corrected chi connectivity index (χ1v) is 5.82. The number of ether oxygens (including phenoxy) is 1. The van der Waals surface area contributed by atoms with Crippen molar-refractivity contribution in [3.05, 3.63) is 28.2 Å². The van der Waals surface area contributed by atoms with Crippen molar-refractivity contribution in [3.8, 4) is 0 Å². The average molecular weight is 294 g/mol. The van der Waals surface area contributed by atoms with Gasteiger partial charge in [-0.3, -0.25) is 0 Å². The lowest BCUT2D eigenvalue weighted by Crippen LogP contribution is -2.22. The molecule has 1 unspecified atom stereocenters. The Labute approximate surface area is 102 Å². The zero-order valence-electron chi connectivity index (χ0n) is 9.19. The first-order valence-electron chi connectivity index (χ1n) is 5.03. The highest BCUT2D eigenvalue weighted by Crippen LogP contribution is 2.24. The van der Waals surface area contributed by atoms with Crippen molar-refractivity contribution >= 4 is 21.6 Å². The first kappa shape index (κ1) is 13.4. The van der Waals surface area contributed by atoms with Gasteiger partial charge in [0, 0.05) is 18.7 Å². The van der Waals surface area contributed by atoms with E-state index < -0.39 is 11.6 Å². The minimum Gasteiger partial charge on any atom is -0.380 e. The summed E-state index contributed by atoms with van der Waals surface area (Å²) in [6.45, 7) is 4.85. The molecule has 0 aliphatic carbocycles. The van der Waals surface area contributed by atoms with Crippen LogP contribution in [0.3, 0.4) is 0 Å². The van der Waals surface area contributed by atoms with Crippen LogP contribution < -0.4 is 5.32 Å². The van der Waals surface area contributed by atoms with Crippen LogP contribution in [0.1, 0.15) is 13.8 Å². The summed E-state index contributed by atoms with van der Waals surface area (Å²) in [6, 6.07) is 2.19. The highest BCUT2D eigenvalue weighted by Gasteiger charge is 2.10. The zero-order chi connectivity index (χ0) is 12.1. The normalized spacial score (nSPS) is 12.6. The van der Waals surface area contributed by atoms with Gasteiger partial charge in [-0.1, -0.05) is 0 Å². The molecule has 0 spiro atoms. The van der Waals surface area contributed by atoms with Gasteiger partial charge in [-0.2, -0.15) is 0 Å². The molecule has 2 nitrogen and oxygen atoms in total. The maximum absolute atomic E-state index is 13.3. The highest BCUT2D eigenvalue weighted by molar-refractivity contribution is 9.10. The van der Waals surface area contributed by atoms with Gasteiger partial charge in [-0.25, -0.2) is 8.78 Å². The minimum absolute atomic E-state index is 0.0354. The quantitative estimate of drug-likeness (QED) is 0.838. The molecule has 1 rings (SSSR count). The van der Waals surface area contributed by atoms with Crippen LogP contribution >= 0.6 is 15.9 Å². The number of benzene rings is 1. The van der Waals surface area contributed by atoms with Crippen molar-refractivity contribution in [2.45, 2.75) is 19.9 Å².